The molecule has 0 saturated heterocycles. The molecule has 0 bridgehead atoms. The lowest BCUT2D eigenvalue weighted by molar-refractivity contribution is -0.139. The third-order valence-corrected chi connectivity index (χ3v) is 4.23. The summed E-state index contributed by atoms with van der Waals surface area (Å²) in [5, 5.41) is 13.2. The largest absolute Gasteiger partial charge is 0.468 e. The van der Waals surface area contributed by atoms with Crippen molar-refractivity contribution in [2.45, 2.75) is 46.1 Å². The van der Waals surface area contributed by atoms with Crippen molar-refractivity contribution < 1.29 is 24.2 Å². The van der Waals surface area contributed by atoms with E-state index in [1.54, 1.807) is 27.7 Å². The Hall–Kier alpha value is -1.79. The van der Waals surface area contributed by atoms with Crippen LogP contribution in [0.4, 0.5) is 0 Å². The summed E-state index contributed by atoms with van der Waals surface area (Å²) in [5.74, 6) is -0.651. The Morgan fingerprint density at radius 1 is 1.13 bits per heavy atom. The number of hydrogen-bond donors (Lipinski definition) is 2. The lowest BCUT2D eigenvalue weighted by atomic mass is 9.82. The molecule has 0 aliphatic heterocycles. The maximum absolute atomic E-state index is 12.3. The second kappa shape index (κ2) is 7.66. The molecule has 1 rings (SSSR count). The van der Waals surface area contributed by atoms with Gasteiger partial charge in [0, 0.05) is 28.8 Å². The van der Waals surface area contributed by atoms with Crippen LogP contribution in [0.2, 0.25) is 0 Å². The summed E-state index contributed by atoms with van der Waals surface area (Å²) >= 11 is 0. The van der Waals surface area contributed by atoms with Crippen LogP contribution in [0.1, 0.15) is 40.5 Å². The molecule has 0 heterocycles. The van der Waals surface area contributed by atoms with Crippen LogP contribution >= 0.6 is 0 Å². The number of ether oxygens (including phenoxy) is 1. The number of rotatable bonds is 7. The summed E-state index contributed by atoms with van der Waals surface area (Å²) in [4.78, 5) is 35.5. The molecule has 0 fully saturated rings. The number of carbonyl (C=O) groups excluding carboxylic acids is 3. The highest BCUT2D eigenvalue weighted by atomic mass is 16.5. The van der Waals surface area contributed by atoms with Crippen LogP contribution in [-0.2, 0) is 19.1 Å². The van der Waals surface area contributed by atoms with Gasteiger partial charge in [-0.15, -0.1) is 0 Å². The first-order chi connectivity index (χ1) is 10.6. The zero-order valence-corrected chi connectivity index (χ0v) is 14.4. The van der Waals surface area contributed by atoms with E-state index in [0.717, 1.165) is 0 Å². The van der Waals surface area contributed by atoms with Crippen LogP contribution in [-0.4, -0.2) is 48.4 Å². The summed E-state index contributed by atoms with van der Waals surface area (Å²) in [6.07, 6.45) is 0.618. The molecule has 0 aromatic heterocycles. The van der Waals surface area contributed by atoms with E-state index in [1.165, 1.54) is 7.11 Å². The summed E-state index contributed by atoms with van der Waals surface area (Å²) in [6.45, 7) is 6.77. The summed E-state index contributed by atoms with van der Waals surface area (Å²) in [6, 6.07) is 0. The Morgan fingerprint density at radius 3 is 2.26 bits per heavy atom. The van der Waals surface area contributed by atoms with E-state index in [2.05, 4.69) is 10.1 Å². The molecule has 0 saturated carbocycles. The minimum absolute atomic E-state index is 0.00678. The van der Waals surface area contributed by atoms with Crippen molar-refractivity contribution in [3.05, 3.63) is 22.3 Å². The first-order valence-corrected chi connectivity index (χ1v) is 7.57. The van der Waals surface area contributed by atoms with Crippen LogP contribution in [0.25, 0.3) is 0 Å². The van der Waals surface area contributed by atoms with Crippen molar-refractivity contribution in [3.8, 4) is 0 Å². The molecule has 1 atom stereocenters. The predicted molar refractivity (Wildman–Crippen MR) is 85.8 cm³/mol. The molecule has 0 aromatic rings. The van der Waals surface area contributed by atoms with E-state index in [9.17, 15) is 19.5 Å². The van der Waals surface area contributed by atoms with Gasteiger partial charge in [0.1, 0.15) is 0 Å². The number of carbonyl (C=O) groups is 3. The molecule has 2 N–H and O–H groups in total. The number of ketones is 2. The van der Waals surface area contributed by atoms with Crippen molar-refractivity contribution >= 4 is 17.5 Å². The number of nitrogens with one attached hydrogen (secondary N) is 1. The Labute approximate surface area is 136 Å². The zero-order valence-electron chi connectivity index (χ0n) is 14.4. The molecule has 0 spiro atoms. The number of esters is 1. The standard InChI is InChI=1S/C17H25NO5/c1-10-11(2)16(21)13(12(3)15(10)20)6-7-17(4,22)9-18-8-14(19)23-5/h18,22H,6-9H2,1-5H3. The molecule has 0 aromatic carbocycles. The lowest BCUT2D eigenvalue weighted by Crippen LogP contribution is -2.40. The highest BCUT2D eigenvalue weighted by molar-refractivity contribution is 6.24. The normalized spacial score (nSPS) is 18.3. The van der Waals surface area contributed by atoms with E-state index >= 15 is 0 Å². The maximum Gasteiger partial charge on any atom is 0.319 e. The molecule has 1 aliphatic rings. The number of Topliss-reactive ketones (excluding diaryl/α,β-unsaturated/α-hetero) is 2. The van der Waals surface area contributed by atoms with Crippen molar-refractivity contribution in [2.75, 3.05) is 20.2 Å². The molecule has 0 radical (unpaired) electrons. The molecule has 0 amide bonds. The second-order valence-corrected chi connectivity index (χ2v) is 6.19. The smallest absolute Gasteiger partial charge is 0.319 e. The maximum atomic E-state index is 12.3. The minimum atomic E-state index is -1.10. The molecular formula is C17H25NO5. The Kier molecular flexibility index (Phi) is 6.41. The van der Waals surface area contributed by atoms with Gasteiger partial charge in [-0.2, -0.15) is 0 Å². The summed E-state index contributed by atoms with van der Waals surface area (Å²) < 4.78 is 4.50. The van der Waals surface area contributed by atoms with Crippen LogP contribution in [0.5, 0.6) is 0 Å². The van der Waals surface area contributed by atoms with E-state index in [1.807, 2.05) is 0 Å². The van der Waals surface area contributed by atoms with Gasteiger partial charge in [0.15, 0.2) is 11.6 Å². The topological polar surface area (TPSA) is 92.7 Å². The number of allylic oxidation sites excluding steroid dienone is 4. The van der Waals surface area contributed by atoms with Crippen molar-refractivity contribution in [2.24, 2.45) is 0 Å². The van der Waals surface area contributed by atoms with E-state index in [-0.39, 0.29) is 24.7 Å². The SMILES string of the molecule is COC(=O)CNCC(C)(O)CCC1=C(C)C(=O)C(C)=C(C)C1=O. The number of aliphatic hydroxyl groups is 1. The van der Waals surface area contributed by atoms with Crippen molar-refractivity contribution in [3.63, 3.8) is 0 Å². The minimum Gasteiger partial charge on any atom is -0.468 e. The fourth-order valence-electron chi connectivity index (χ4n) is 2.45. The van der Waals surface area contributed by atoms with Gasteiger partial charge in [-0.25, -0.2) is 0 Å². The van der Waals surface area contributed by atoms with E-state index in [0.29, 0.717) is 35.1 Å². The molecule has 1 aliphatic carbocycles. The highest BCUT2D eigenvalue weighted by Crippen LogP contribution is 2.28. The van der Waals surface area contributed by atoms with Gasteiger partial charge in [-0.3, -0.25) is 14.4 Å². The van der Waals surface area contributed by atoms with E-state index < -0.39 is 11.6 Å². The second-order valence-electron chi connectivity index (χ2n) is 6.19. The van der Waals surface area contributed by atoms with Gasteiger partial charge in [0.25, 0.3) is 0 Å². The van der Waals surface area contributed by atoms with Gasteiger partial charge in [-0.05, 0) is 40.5 Å². The first-order valence-electron chi connectivity index (χ1n) is 7.57. The first kappa shape index (κ1) is 19.3. The highest BCUT2D eigenvalue weighted by Gasteiger charge is 2.29. The Morgan fingerprint density at radius 2 is 1.70 bits per heavy atom. The monoisotopic (exact) mass is 323 g/mol. The Bertz CT molecular complexity index is 584. The number of hydrogen-bond acceptors (Lipinski definition) is 6. The molecular weight excluding hydrogens is 298 g/mol. The van der Waals surface area contributed by atoms with Gasteiger partial charge < -0.3 is 15.2 Å². The van der Waals surface area contributed by atoms with Crippen LogP contribution in [0, 0.1) is 0 Å². The van der Waals surface area contributed by atoms with Gasteiger partial charge >= 0.3 is 5.97 Å². The average molecular weight is 323 g/mol. The molecule has 6 nitrogen and oxygen atoms in total. The summed E-state index contributed by atoms with van der Waals surface area (Å²) in [5.41, 5.74) is 0.777. The van der Waals surface area contributed by atoms with Gasteiger partial charge in [0.2, 0.25) is 0 Å². The fourth-order valence-corrected chi connectivity index (χ4v) is 2.45. The van der Waals surface area contributed by atoms with E-state index in [4.69, 9.17) is 0 Å². The third kappa shape index (κ3) is 4.84. The van der Waals surface area contributed by atoms with Crippen LogP contribution < -0.4 is 5.32 Å². The average Bonchev–Trinajstić information content (AvgIpc) is 2.50. The molecule has 128 valence electrons. The van der Waals surface area contributed by atoms with Crippen molar-refractivity contribution in [1.82, 2.24) is 5.32 Å². The van der Waals surface area contributed by atoms with Crippen LogP contribution in [0.3, 0.4) is 0 Å². The number of methoxy groups -OCH3 is 1. The van der Waals surface area contributed by atoms with Crippen molar-refractivity contribution in [1.29, 1.82) is 0 Å². The predicted octanol–water partition coefficient (Wildman–Crippen LogP) is 1.08. The Balaban J connectivity index is 2.67. The lowest BCUT2D eigenvalue weighted by Gasteiger charge is -2.25. The fraction of sp³-hybridized carbons (Fsp3) is 0.588. The third-order valence-electron chi connectivity index (χ3n) is 4.23. The van der Waals surface area contributed by atoms with Gasteiger partial charge in [-0.1, -0.05) is 0 Å². The van der Waals surface area contributed by atoms with Crippen LogP contribution in [0.15, 0.2) is 22.3 Å². The molecule has 1 unspecified atom stereocenters. The quantitative estimate of drug-likeness (QED) is 0.538. The zero-order chi connectivity index (χ0) is 17.8. The summed E-state index contributed by atoms with van der Waals surface area (Å²) in [7, 11) is 1.29. The van der Waals surface area contributed by atoms with Gasteiger partial charge in [0.05, 0.1) is 19.3 Å². The molecule has 23 heavy (non-hydrogen) atoms. The molecule has 6 heteroatoms.